The number of aromatic nitrogens is 1. The van der Waals surface area contributed by atoms with Crippen LogP contribution in [0.4, 0.5) is 0 Å². The van der Waals surface area contributed by atoms with Crippen LogP contribution < -0.4 is 10.1 Å². The summed E-state index contributed by atoms with van der Waals surface area (Å²) < 4.78 is 5.16. The second-order valence-corrected chi connectivity index (χ2v) is 6.47. The van der Waals surface area contributed by atoms with Gasteiger partial charge in [0.05, 0.1) is 29.4 Å². The molecule has 0 radical (unpaired) electrons. The Bertz CT molecular complexity index is 666. The molecule has 0 bridgehead atoms. The van der Waals surface area contributed by atoms with Crippen molar-refractivity contribution in [1.29, 1.82) is 0 Å². The van der Waals surface area contributed by atoms with Crippen LogP contribution in [0.25, 0.3) is 0 Å². The molecule has 0 aliphatic rings. The molecule has 0 unspecified atom stereocenters. The molecular formula is C14H14Cl2N2O2S. The third-order valence-corrected chi connectivity index (χ3v) is 4.65. The van der Waals surface area contributed by atoms with Crippen molar-refractivity contribution in [2.24, 2.45) is 0 Å². The Kier molecular flexibility index (Phi) is 5.08. The lowest BCUT2D eigenvalue weighted by molar-refractivity contribution is 0.0948. The summed E-state index contributed by atoms with van der Waals surface area (Å²) in [6.07, 6.45) is 0. The Labute approximate surface area is 137 Å². The van der Waals surface area contributed by atoms with E-state index in [1.54, 1.807) is 23.5 Å². The van der Waals surface area contributed by atoms with E-state index in [2.05, 4.69) is 10.3 Å². The first-order valence-corrected chi connectivity index (χ1v) is 7.74. The van der Waals surface area contributed by atoms with Gasteiger partial charge in [-0.05, 0) is 26.0 Å². The summed E-state index contributed by atoms with van der Waals surface area (Å²) >= 11 is 13.6. The monoisotopic (exact) mass is 344 g/mol. The van der Waals surface area contributed by atoms with Crippen LogP contribution in [0.5, 0.6) is 5.75 Å². The first-order chi connectivity index (χ1) is 9.93. The molecule has 1 aromatic heterocycles. The van der Waals surface area contributed by atoms with Gasteiger partial charge in [0.15, 0.2) is 5.75 Å². The lowest BCUT2D eigenvalue weighted by atomic mass is 10.2. The van der Waals surface area contributed by atoms with E-state index >= 15 is 0 Å². The van der Waals surface area contributed by atoms with Crippen molar-refractivity contribution in [3.63, 3.8) is 0 Å². The Morgan fingerprint density at radius 1 is 1.33 bits per heavy atom. The lowest BCUT2D eigenvalue weighted by Crippen LogP contribution is -2.23. The first kappa shape index (κ1) is 16.1. The first-order valence-electron chi connectivity index (χ1n) is 6.17. The van der Waals surface area contributed by atoms with Crippen molar-refractivity contribution < 1.29 is 9.53 Å². The Hall–Kier alpha value is -1.30. The number of carbonyl (C=O) groups is 1. The predicted octanol–water partition coefficient (Wildman–Crippen LogP) is 4.01. The molecule has 21 heavy (non-hydrogen) atoms. The summed E-state index contributed by atoms with van der Waals surface area (Å²) in [5, 5.41) is 4.26. The molecule has 0 saturated heterocycles. The maximum absolute atomic E-state index is 12.3. The molecule has 0 aliphatic carbocycles. The number of hydrogen-bond acceptors (Lipinski definition) is 4. The number of methoxy groups -OCH3 is 1. The normalized spacial score (nSPS) is 10.5. The van der Waals surface area contributed by atoms with Gasteiger partial charge < -0.3 is 10.1 Å². The zero-order chi connectivity index (χ0) is 15.6. The van der Waals surface area contributed by atoms with Crippen LogP contribution in [0.2, 0.25) is 10.0 Å². The van der Waals surface area contributed by atoms with E-state index in [-0.39, 0.29) is 17.2 Å². The number of benzene rings is 1. The molecular weight excluding hydrogens is 331 g/mol. The second-order valence-electron chi connectivity index (χ2n) is 4.37. The van der Waals surface area contributed by atoms with Crippen LogP contribution in [-0.4, -0.2) is 18.0 Å². The summed E-state index contributed by atoms with van der Waals surface area (Å²) in [6.45, 7) is 4.27. The van der Waals surface area contributed by atoms with Gasteiger partial charge in [-0.15, -0.1) is 11.3 Å². The number of hydrogen-bond donors (Lipinski definition) is 1. The molecule has 7 heteroatoms. The van der Waals surface area contributed by atoms with Crippen molar-refractivity contribution in [3.05, 3.63) is 43.3 Å². The van der Waals surface area contributed by atoms with Gasteiger partial charge >= 0.3 is 0 Å². The van der Waals surface area contributed by atoms with Gasteiger partial charge in [0.25, 0.3) is 5.91 Å². The van der Waals surface area contributed by atoms with Crippen LogP contribution in [-0.2, 0) is 6.54 Å². The van der Waals surface area contributed by atoms with E-state index in [4.69, 9.17) is 27.9 Å². The van der Waals surface area contributed by atoms with Gasteiger partial charge in [-0.1, -0.05) is 23.2 Å². The van der Waals surface area contributed by atoms with E-state index < -0.39 is 0 Å². The van der Waals surface area contributed by atoms with Crippen LogP contribution in [0.1, 0.15) is 25.9 Å². The lowest BCUT2D eigenvalue weighted by Gasteiger charge is -2.11. The zero-order valence-electron chi connectivity index (χ0n) is 11.8. The number of amides is 1. The molecule has 0 fully saturated rings. The van der Waals surface area contributed by atoms with Crippen molar-refractivity contribution in [2.45, 2.75) is 20.4 Å². The molecule has 4 nitrogen and oxygen atoms in total. The standard InChI is InChI=1S/C14H14Cl2N2O2S/c1-7-8(2)21-11(18-7)6-17-14(19)12-9(15)4-5-10(16)13(12)20-3/h4-5H,6H2,1-3H3,(H,17,19). The van der Waals surface area contributed by atoms with Crippen molar-refractivity contribution >= 4 is 40.4 Å². The highest BCUT2D eigenvalue weighted by atomic mass is 35.5. The largest absolute Gasteiger partial charge is 0.494 e. The number of nitrogens with zero attached hydrogens (tertiary/aromatic N) is 1. The Morgan fingerprint density at radius 3 is 2.57 bits per heavy atom. The van der Waals surface area contributed by atoms with E-state index in [0.29, 0.717) is 16.6 Å². The minimum absolute atomic E-state index is 0.233. The second kappa shape index (κ2) is 6.64. The fourth-order valence-electron chi connectivity index (χ4n) is 1.80. The SMILES string of the molecule is COc1c(Cl)ccc(Cl)c1C(=O)NCc1nc(C)c(C)s1. The Balaban J connectivity index is 2.19. The fourth-order valence-corrected chi connectivity index (χ4v) is 3.15. The van der Waals surface area contributed by atoms with Crippen LogP contribution >= 0.6 is 34.5 Å². The predicted molar refractivity (Wildman–Crippen MR) is 85.8 cm³/mol. The van der Waals surface area contributed by atoms with Crippen molar-refractivity contribution in [2.75, 3.05) is 7.11 Å². The van der Waals surface area contributed by atoms with Crippen LogP contribution in [0.15, 0.2) is 12.1 Å². The molecule has 2 rings (SSSR count). The van der Waals surface area contributed by atoms with Crippen LogP contribution in [0.3, 0.4) is 0 Å². The van der Waals surface area contributed by atoms with Crippen LogP contribution in [0, 0.1) is 13.8 Å². The number of ether oxygens (including phenoxy) is 1. The fraction of sp³-hybridized carbons (Fsp3) is 0.286. The molecule has 1 N–H and O–H groups in total. The number of halogens is 2. The van der Waals surface area contributed by atoms with Gasteiger partial charge in [-0.3, -0.25) is 4.79 Å². The van der Waals surface area contributed by atoms with Crippen molar-refractivity contribution in [1.82, 2.24) is 10.3 Å². The highest BCUT2D eigenvalue weighted by Gasteiger charge is 2.19. The van der Waals surface area contributed by atoms with E-state index in [1.807, 2.05) is 13.8 Å². The summed E-state index contributed by atoms with van der Waals surface area (Å²) in [6, 6.07) is 3.16. The average molecular weight is 345 g/mol. The third kappa shape index (κ3) is 3.48. The molecule has 2 aromatic rings. The van der Waals surface area contributed by atoms with Gasteiger partial charge in [-0.25, -0.2) is 4.98 Å². The smallest absolute Gasteiger partial charge is 0.256 e. The maximum Gasteiger partial charge on any atom is 0.256 e. The zero-order valence-corrected chi connectivity index (χ0v) is 14.1. The third-order valence-electron chi connectivity index (χ3n) is 2.96. The van der Waals surface area contributed by atoms with Crippen molar-refractivity contribution in [3.8, 4) is 5.75 Å². The number of carbonyl (C=O) groups excluding carboxylic acids is 1. The average Bonchev–Trinajstić information content (AvgIpc) is 2.77. The number of rotatable bonds is 4. The molecule has 0 atom stereocenters. The highest BCUT2D eigenvalue weighted by Crippen LogP contribution is 2.33. The Morgan fingerprint density at radius 2 is 2.00 bits per heavy atom. The minimum atomic E-state index is -0.343. The van der Waals surface area contributed by atoms with Gasteiger partial charge in [0.2, 0.25) is 0 Å². The van der Waals surface area contributed by atoms with E-state index in [0.717, 1.165) is 15.6 Å². The van der Waals surface area contributed by atoms with E-state index in [9.17, 15) is 4.79 Å². The number of thiazole rings is 1. The van der Waals surface area contributed by atoms with E-state index in [1.165, 1.54) is 7.11 Å². The quantitative estimate of drug-likeness (QED) is 0.911. The molecule has 1 aromatic carbocycles. The maximum atomic E-state index is 12.3. The summed E-state index contributed by atoms with van der Waals surface area (Å²) in [5.74, 6) is -0.0713. The summed E-state index contributed by atoms with van der Waals surface area (Å²) in [7, 11) is 1.45. The molecule has 1 amide bonds. The number of nitrogens with one attached hydrogen (secondary N) is 1. The molecule has 0 saturated carbocycles. The topological polar surface area (TPSA) is 51.2 Å². The van der Waals surface area contributed by atoms with Gasteiger partial charge in [-0.2, -0.15) is 0 Å². The minimum Gasteiger partial charge on any atom is -0.494 e. The molecule has 0 aliphatic heterocycles. The van der Waals surface area contributed by atoms with Gasteiger partial charge in [0.1, 0.15) is 10.6 Å². The highest BCUT2D eigenvalue weighted by molar-refractivity contribution is 7.11. The number of aryl methyl sites for hydroxylation is 2. The summed E-state index contributed by atoms with van der Waals surface area (Å²) in [5.41, 5.74) is 1.21. The van der Waals surface area contributed by atoms with Gasteiger partial charge in [0, 0.05) is 4.88 Å². The summed E-state index contributed by atoms with van der Waals surface area (Å²) in [4.78, 5) is 17.8. The molecule has 112 valence electrons. The molecule has 1 heterocycles. The molecule has 0 spiro atoms.